The molecule has 1 amide bonds. The predicted octanol–water partition coefficient (Wildman–Crippen LogP) is 2.24. The third kappa shape index (κ3) is 3.61. The molecule has 0 spiro atoms. The van der Waals surface area contributed by atoms with Crippen LogP contribution in [0.3, 0.4) is 0 Å². The third-order valence-corrected chi connectivity index (χ3v) is 4.59. The van der Waals surface area contributed by atoms with Crippen molar-refractivity contribution in [3.63, 3.8) is 0 Å². The van der Waals surface area contributed by atoms with Crippen LogP contribution in [-0.4, -0.2) is 39.5 Å². The van der Waals surface area contributed by atoms with Gasteiger partial charge in [0.25, 0.3) is 0 Å². The smallest absolute Gasteiger partial charge is 0.224 e. The van der Waals surface area contributed by atoms with E-state index in [1.165, 1.54) is 6.92 Å². The zero-order chi connectivity index (χ0) is 17.2. The Kier molecular flexibility index (Phi) is 4.88. The molecule has 1 atom stereocenters. The Bertz CT molecular complexity index is 671. The lowest BCUT2D eigenvalue weighted by Crippen LogP contribution is -2.44. The van der Waals surface area contributed by atoms with Crippen LogP contribution in [0.1, 0.15) is 54.9 Å². The van der Waals surface area contributed by atoms with Crippen molar-refractivity contribution < 1.29 is 9.59 Å². The van der Waals surface area contributed by atoms with Gasteiger partial charge in [0.05, 0.1) is 22.7 Å². The van der Waals surface area contributed by atoms with Gasteiger partial charge in [-0.25, -0.2) is 0 Å². The molecule has 124 valence electrons. The van der Waals surface area contributed by atoms with E-state index in [2.05, 4.69) is 11.2 Å². The van der Waals surface area contributed by atoms with Crippen molar-refractivity contribution in [1.82, 2.24) is 14.7 Å². The lowest BCUT2D eigenvalue weighted by atomic mass is 9.83. The lowest BCUT2D eigenvalue weighted by molar-refractivity contribution is -0.134. The van der Waals surface area contributed by atoms with Crippen molar-refractivity contribution in [2.24, 2.45) is 5.41 Å². The number of rotatable bonds is 4. The number of aryl methyl sites for hydroxylation is 2. The van der Waals surface area contributed by atoms with Gasteiger partial charge in [-0.2, -0.15) is 10.4 Å². The molecule has 1 fully saturated rings. The van der Waals surface area contributed by atoms with E-state index >= 15 is 0 Å². The van der Waals surface area contributed by atoms with Crippen molar-refractivity contribution in [1.29, 1.82) is 5.26 Å². The fourth-order valence-corrected chi connectivity index (χ4v) is 3.33. The van der Waals surface area contributed by atoms with Crippen LogP contribution >= 0.6 is 0 Å². The van der Waals surface area contributed by atoms with Gasteiger partial charge in [0.1, 0.15) is 0 Å². The number of amides is 1. The molecule has 0 saturated carbocycles. The van der Waals surface area contributed by atoms with Crippen LogP contribution in [-0.2, 0) is 11.3 Å². The summed E-state index contributed by atoms with van der Waals surface area (Å²) in [7, 11) is 0. The van der Waals surface area contributed by atoms with Crippen molar-refractivity contribution in [3.05, 3.63) is 17.0 Å². The van der Waals surface area contributed by atoms with E-state index < -0.39 is 5.41 Å². The average Bonchev–Trinajstić information content (AvgIpc) is 2.79. The molecule has 1 aromatic heterocycles. The van der Waals surface area contributed by atoms with E-state index in [0.717, 1.165) is 18.5 Å². The highest BCUT2D eigenvalue weighted by molar-refractivity contribution is 5.96. The highest BCUT2D eigenvalue weighted by Gasteiger charge is 2.33. The van der Waals surface area contributed by atoms with Crippen LogP contribution < -0.4 is 0 Å². The minimum Gasteiger partial charge on any atom is -0.341 e. The summed E-state index contributed by atoms with van der Waals surface area (Å²) in [5, 5.41) is 13.6. The van der Waals surface area contributed by atoms with Crippen LogP contribution in [0.5, 0.6) is 0 Å². The number of nitriles is 1. The second-order valence-corrected chi connectivity index (χ2v) is 6.67. The van der Waals surface area contributed by atoms with Gasteiger partial charge in [-0.05, 0) is 40.5 Å². The summed E-state index contributed by atoms with van der Waals surface area (Å²) in [6.07, 6.45) is 2.04. The minimum absolute atomic E-state index is 0.00149. The van der Waals surface area contributed by atoms with Crippen molar-refractivity contribution in [3.8, 4) is 6.07 Å². The number of Topliss-reactive ketones (excluding diaryl/α,β-unsaturated/α-hetero) is 1. The zero-order valence-corrected chi connectivity index (χ0v) is 14.3. The summed E-state index contributed by atoms with van der Waals surface area (Å²) >= 11 is 0. The monoisotopic (exact) mass is 316 g/mol. The predicted molar refractivity (Wildman–Crippen MR) is 85.9 cm³/mol. The Hall–Kier alpha value is -2.16. The molecule has 1 aliphatic rings. The molecule has 0 aliphatic carbocycles. The van der Waals surface area contributed by atoms with E-state index in [1.807, 2.05) is 20.8 Å². The summed E-state index contributed by atoms with van der Waals surface area (Å²) in [5.74, 6) is 0.0431. The lowest BCUT2D eigenvalue weighted by Gasteiger charge is -2.36. The molecule has 0 bridgehead atoms. The van der Waals surface area contributed by atoms with E-state index in [-0.39, 0.29) is 11.7 Å². The van der Waals surface area contributed by atoms with E-state index in [9.17, 15) is 14.9 Å². The second-order valence-electron chi connectivity index (χ2n) is 6.67. The molecule has 0 N–H and O–H groups in total. The van der Waals surface area contributed by atoms with Crippen molar-refractivity contribution in [2.75, 3.05) is 13.1 Å². The maximum absolute atomic E-state index is 12.4. The number of aromatic nitrogens is 2. The summed E-state index contributed by atoms with van der Waals surface area (Å²) in [5.41, 5.74) is 1.72. The first-order valence-corrected chi connectivity index (χ1v) is 8.01. The van der Waals surface area contributed by atoms with E-state index in [0.29, 0.717) is 37.3 Å². The highest BCUT2D eigenvalue weighted by Crippen LogP contribution is 2.28. The molecule has 0 radical (unpaired) electrons. The van der Waals surface area contributed by atoms with Gasteiger partial charge >= 0.3 is 0 Å². The topological polar surface area (TPSA) is 79.0 Å². The largest absolute Gasteiger partial charge is 0.341 e. The number of nitrogens with zero attached hydrogens (tertiary/aromatic N) is 4. The van der Waals surface area contributed by atoms with Crippen LogP contribution in [0.15, 0.2) is 0 Å². The number of carbonyl (C=O) groups excluding carboxylic acids is 2. The molecular weight excluding hydrogens is 292 g/mol. The highest BCUT2D eigenvalue weighted by atomic mass is 16.2. The molecule has 2 rings (SSSR count). The Labute approximate surface area is 137 Å². The first-order valence-electron chi connectivity index (χ1n) is 8.01. The minimum atomic E-state index is -0.437. The van der Waals surface area contributed by atoms with Crippen LogP contribution in [0, 0.1) is 30.6 Å². The molecule has 1 aromatic rings. The number of hydrogen-bond donors (Lipinski definition) is 0. The molecule has 6 heteroatoms. The number of ketones is 1. The molecule has 0 aromatic carbocycles. The number of carbonyl (C=O) groups is 2. The van der Waals surface area contributed by atoms with Gasteiger partial charge < -0.3 is 4.90 Å². The summed E-state index contributed by atoms with van der Waals surface area (Å²) in [6.45, 7) is 8.78. The van der Waals surface area contributed by atoms with Gasteiger partial charge in [0.2, 0.25) is 5.91 Å². The van der Waals surface area contributed by atoms with Gasteiger partial charge in [-0.3, -0.25) is 14.3 Å². The molecule has 2 heterocycles. The average molecular weight is 316 g/mol. The Morgan fingerprint density at radius 3 is 2.65 bits per heavy atom. The summed E-state index contributed by atoms with van der Waals surface area (Å²) in [6, 6.07) is 2.32. The first-order chi connectivity index (χ1) is 10.8. The Morgan fingerprint density at radius 2 is 2.09 bits per heavy atom. The molecule has 23 heavy (non-hydrogen) atoms. The van der Waals surface area contributed by atoms with Gasteiger partial charge in [0, 0.05) is 31.7 Å². The quantitative estimate of drug-likeness (QED) is 0.798. The molecular formula is C17H24N4O2. The number of piperidine rings is 1. The molecule has 1 saturated heterocycles. The van der Waals surface area contributed by atoms with Crippen LogP contribution in [0.4, 0.5) is 0 Å². The zero-order valence-electron chi connectivity index (χ0n) is 14.3. The first kappa shape index (κ1) is 17.2. The maximum Gasteiger partial charge on any atom is 0.224 e. The molecule has 6 nitrogen and oxygen atoms in total. The normalized spacial score (nSPS) is 21.1. The maximum atomic E-state index is 12.4. The van der Waals surface area contributed by atoms with E-state index in [4.69, 9.17) is 0 Å². The Morgan fingerprint density at radius 1 is 1.39 bits per heavy atom. The fraction of sp³-hybridized carbons (Fsp3) is 0.647. The van der Waals surface area contributed by atoms with Gasteiger partial charge in [-0.15, -0.1) is 0 Å². The van der Waals surface area contributed by atoms with E-state index in [1.54, 1.807) is 9.58 Å². The van der Waals surface area contributed by atoms with Gasteiger partial charge in [-0.1, -0.05) is 0 Å². The summed E-state index contributed by atoms with van der Waals surface area (Å²) in [4.78, 5) is 25.8. The van der Waals surface area contributed by atoms with Crippen LogP contribution in [0.25, 0.3) is 0 Å². The Balaban J connectivity index is 2.01. The van der Waals surface area contributed by atoms with Crippen LogP contribution in [0.2, 0.25) is 0 Å². The number of likely N-dealkylation sites (tertiary alicyclic amines) is 1. The number of hydrogen-bond acceptors (Lipinski definition) is 4. The third-order valence-electron chi connectivity index (χ3n) is 4.59. The SMILES string of the molecule is CC(=O)c1c(C)nn(CCC(=O)N2CCCC(C)(C#N)C2)c1C. The fourth-order valence-electron chi connectivity index (χ4n) is 3.33. The second kappa shape index (κ2) is 6.53. The van der Waals surface area contributed by atoms with Crippen molar-refractivity contribution >= 4 is 11.7 Å². The van der Waals surface area contributed by atoms with Crippen molar-refractivity contribution in [2.45, 2.75) is 53.5 Å². The molecule has 1 unspecified atom stereocenters. The summed E-state index contributed by atoms with van der Waals surface area (Å²) < 4.78 is 1.73. The van der Waals surface area contributed by atoms with Gasteiger partial charge in [0.15, 0.2) is 5.78 Å². The molecule has 1 aliphatic heterocycles. The standard InChI is InChI=1S/C17H24N4O2/c1-12-16(14(3)22)13(2)21(19-12)9-6-15(23)20-8-5-7-17(4,10-18)11-20/h5-9,11H2,1-4H3.